The fourth-order valence-electron chi connectivity index (χ4n) is 3.95. The van der Waals surface area contributed by atoms with E-state index in [2.05, 4.69) is 6.92 Å². The molecule has 0 aliphatic heterocycles. The zero-order valence-corrected chi connectivity index (χ0v) is 17.5. The van der Waals surface area contributed by atoms with Crippen LogP contribution in [0.5, 0.6) is 0 Å². The smallest absolute Gasteiger partial charge is 0.325 e. The fourth-order valence-corrected chi connectivity index (χ4v) is 3.95. The maximum absolute atomic E-state index is 12.8. The highest BCUT2D eigenvalue weighted by Gasteiger charge is 2.74. The van der Waals surface area contributed by atoms with Gasteiger partial charge < -0.3 is 19.7 Å². The van der Waals surface area contributed by atoms with Gasteiger partial charge in [-0.15, -0.1) is 0 Å². The van der Waals surface area contributed by atoms with Gasteiger partial charge >= 0.3 is 23.9 Å². The van der Waals surface area contributed by atoms with Gasteiger partial charge in [-0.25, -0.2) is 0 Å². The molecule has 0 aromatic rings. The van der Waals surface area contributed by atoms with Crippen molar-refractivity contribution in [3.8, 4) is 0 Å². The molecule has 29 heavy (non-hydrogen) atoms. The molecule has 1 saturated carbocycles. The molecule has 1 fully saturated rings. The number of carboxylic acid groups (broad SMARTS) is 2. The van der Waals surface area contributed by atoms with Crippen molar-refractivity contribution in [2.45, 2.75) is 84.5 Å². The summed E-state index contributed by atoms with van der Waals surface area (Å²) in [5.41, 5.74) is -4.94. The highest BCUT2D eigenvalue weighted by molar-refractivity contribution is 6.14. The van der Waals surface area contributed by atoms with Crippen molar-refractivity contribution in [1.82, 2.24) is 0 Å². The summed E-state index contributed by atoms with van der Waals surface area (Å²) < 4.78 is 10.3. The number of carbonyl (C=O) groups excluding carboxylic acids is 2. The Balaban J connectivity index is 2.95. The van der Waals surface area contributed by atoms with Crippen LogP contribution in [0, 0.1) is 10.8 Å². The van der Waals surface area contributed by atoms with E-state index in [0.717, 1.165) is 38.5 Å². The third-order valence-corrected chi connectivity index (χ3v) is 5.72. The molecule has 1 aliphatic carbocycles. The summed E-state index contributed by atoms with van der Waals surface area (Å²) in [6.07, 6.45) is 6.50. The van der Waals surface area contributed by atoms with Crippen molar-refractivity contribution in [1.29, 1.82) is 0 Å². The standard InChI is InChI=1S/C21H34O8/c1-3-5-7-8-9-10-15-29-19(27)21(17(24)25)13-11-12-20(21,16(22)23)18(26)28-14-6-4-2/h3-15H2,1-2H3,(H,22,23)(H,24,25). The fraction of sp³-hybridized carbons (Fsp3) is 0.810. The first-order valence-electron chi connectivity index (χ1n) is 10.6. The predicted molar refractivity (Wildman–Crippen MR) is 104 cm³/mol. The lowest BCUT2D eigenvalue weighted by Gasteiger charge is -2.35. The minimum Gasteiger partial charge on any atom is -0.480 e. The molecule has 1 rings (SSSR count). The number of rotatable bonds is 14. The van der Waals surface area contributed by atoms with Crippen LogP contribution < -0.4 is 0 Å². The second-order valence-electron chi connectivity index (χ2n) is 7.67. The molecule has 0 spiro atoms. The molecule has 0 aromatic carbocycles. The van der Waals surface area contributed by atoms with Gasteiger partial charge in [0, 0.05) is 0 Å². The van der Waals surface area contributed by atoms with E-state index in [0.29, 0.717) is 12.8 Å². The van der Waals surface area contributed by atoms with Gasteiger partial charge in [0.2, 0.25) is 0 Å². The van der Waals surface area contributed by atoms with E-state index < -0.39 is 34.7 Å². The molecule has 0 radical (unpaired) electrons. The number of hydrogen-bond donors (Lipinski definition) is 2. The first-order valence-corrected chi connectivity index (χ1v) is 10.6. The van der Waals surface area contributed by atoms with Crippen LogP contribution >= 0.6 is 0 Å². The van der Waals surface area contributed by atoms with E-state index in [4.69, 9.17) is 9.47 Å². The third-order valence-electron chi connectivity index (χ3n) is 5.72. The molecule has 1 aliphatic rings. The summed E-state index contributed by atoms with van der Waals surface area (Å²) in [6.45, 7) is 3.96. The Hall–Kier alpha value is -2.12. The number of esters is 2. The number of aliphatic carboxylic acids is 2. The Labute approximate surface area is 171 Å². The normalized spacial score (nSPS) is 23.5. The lowest BCUT2D eigenvalue weighted by molar-refractivity contribution is -0.196. The number of carboxylic acids is 2. The molecule has 0 saturated heterocycles. The Kier molecular flexibility index (Phi) is 10.1. The number of carbonyl (C=O) groups is 4. The summed E-state index contributed by atoms with van der Waals surface area (Å²) >= 11 is 0. The second kappa shape index (κ2) is 11.8. The predicted octanol–water partition coefficient (Wildman–Crippen LogP) is 3.56. The van der Waals surface area contributed by atoms with Crippen LogP contribution in [0.3, 0.4) is 0 Å². The van der Waals surface area contributed by atoms with Crippen LogP contribution in [0.2, 0.25) is 0 Å². The maximum Gasteiger partial charge on any atom is 0.325 e. The zero-order chi connectivity index (χ0) is 21.9. The summed E-state index contributed by atoms with van der Waals surface area (Å²) in [5, 5.41) is 19.7. The lowest BCUT2D eigenvalue weighted by Crippen LogP contribution is -2.59. The summed E-state index contributed by atoms with van der Waals surface area (Å²) in [4.78, 5) is 49.8. The van der Waals surface area contributed by atoms with Crippen molar-refractivity contribution < 1.29 is 38.9 Å². The molecule has 2 atom stereocenters. The highest BCUT2D eigenvalue weighted by atomic mass is 16.5. The van der Waals surface area contributed by atoms with Crippen molar-refractivity contribution in [2.24, 2.45) is 10.8 Å². The molecule has 8 heteroatoms. The highest BCUT2D eigenvalue weighted by Crippen LogP contribution is 2.55. The topological polar surface area (TPSA) is 127 Å². The average molecular weight is 414 g/mol. The average Bonchev–Trinajstić information content (AvgIpc) is 3.10. The monoisotopic (exact) mass is 414 g/mol. The first kappa shape index (κ1) is 24.9. The van der Waals surface area contributed by atoms with Crippen LogP contribution in [0.15, 0.2) is 0 Å². The van der Waals surface area contributed by atoms with Crippen LogP contribution in [0.25, 0.3) is 0 Å². The summed E-state index contributed by atoms with van der Waals surface area (Å²) in [5.74, 6) is -5.64. The second-order valence-corrected chi connectivity index (χ2v) is 7.67. The van der Waals surface area contributed by atoms with Gasteiger partial charge in [-0.1, -0.05) is 52.4 Å². The number of unbranched alkanes of at least 4 members (excludes halogenated alkanes) is 6. The van der Waals surface area contributed by atoms with E-state index in [9.17, 15) is 29.4 Å². The van der Waals surface area contributed by atoms with Gasteiger partial charge in [-0.05, 0) is 32.1 Å². The van der Waals surface area contributed by atoms with Crippen molar-refractivity contribution >= 4 is 23.9 Å². The quantitative estimate of drug-likeness (QED) is 0.251. The minimum absolute atomic E-state index is 0.000565. The largest absolute Gasteiger partial charge is 0.480 e. The first-order chi connectivity index (χ1) is 13.8. The van der Waals surface area contributed by atoms with Crippen LogP contribution in [0.1, 0.15) is 84.5 Å². The molecule has 8 nitrogen and oxygen atoms in total. The molecular formula is C21H34O8. The van der Waals surface area contributed by atoms with Crippen molar-refractivity contribution in [3.05, 3.63) is 0 Å². The van der Waals surface area contributed by atoms with Crippen LogP contribution in [-0.4, -0.2) is 47.3 Å². The Morgan fingerprint density at radius 1 is 0.690 bits per heavy atom. The van der Waals surface area contributed by atoms with Gasteiger partial charge in [-0.2, -0.15) is 0 Å². The molecule has 166 valence electrons. The molecule has 0 heterocycles. The summed E-state index contributed by atoms with van der Waals surface area (Å²) in [7, 11) is 0. The van der Waals surface area contributed by atoms with E-state index in [1.54, 1.807) is 0 Å². The van der Waals surface area contributed by atoms with Crippen LogP contribution in [0.4, 0.5) is 0 Å². The Bertz CT molecular complexity index is 587. The van der Waals surface area contributed by atoms with Gasteiger partial charge in [0.15, 0.2) is 10.8 Å². The van der Waals surface area contributed by atoms with Gasteiger partial charge in [0.1, 0.15) is 0 Å². The Morgan fingerprint density at radius 3 is 1.55 bits per heavy atom. The van der Waals surface area contributed by atoms with Crippen LogP contribution in [-0.2, 0) is 28.7 Å². The SMILES string of the molecule is CCCCCCCCOC(=O)C1(C(=O)O)CCCC1(C(=O)O)C(=O)OCCCC. The zero-order valence-electron chi connectivity index (χ0n) is 17.5. The van der Waals surface area contributed by atoms with E-state index in [1.807, 2.05) is 6.92 Å². The van der Waals surface area contributed by atoms with E-state index in [1.165, 1.54) is 0 Å². The van der Waals surface area contributed by atoms with Gasteiger partial charge in [0.05, 0.1) is 13.2 Å². The minimum atomic E-state index is -2.47. The molecule has 0 bridgehead atoms. The van der Waals surface area contributed by atoms with Crippen molar-refractivity contribution in [3.63, 3.8) is 0 Å². The summed E-state index contributed by atoms with van der Waals surface area (Å²) in [6, 6.07) is 0. The van der Waals surface area contributed by atoms with E-state index in [-0.39, 0.29) is 32.5 Å². The molecule has 0 amide bonds. The third kappa shape index (κ3) is 5.28. The number of hydrogen-bond acceptors (Lipinski definition) is 6. The lowest BCUT2D eigenvalue weighted by atomic mass is 9.65. The van der Waals surface area contributed by atoms with Gasteiger partial charge in [0.25, 0.3) is 0 Å². The molecule has 2 unspecified atom stereocenters. The van der Waals surface area contributed by atoms with Crippen molar-refractivity contribution in [2.75, 3.05) is 13.2 Å². The molecule has 2 N–H and O–H groups in total. The van der Waals surface area contributed by atoms with E-state index >= 15 is 0 Å². The Morgan fingerprint density at radius 2 is 1.10 bits per heavy atom. The maximum atomic E-state index is 12.8. The molecule has 0 aromatic heterocycles. The van der Waals surface area contributed by atoms with Gasteiger partial charge in [-0.3, -0.25) is 19.2 Å². The molecular weight excluding hydrogens is 380 g/mol. The number of ether oxygens (including phenoxy) is 2.